The molecule has 38 heavy (non-hydrogen) atoms. The molecule has 1 saturated heterocycles. The second-order valence-corrected chi connectivity index (χ2v) is 12.3. The number of carbonyl (C=O) groups is 2. The molecule has 3 aromatic rings. The number of methoxy groups -OCH3 is 1. The summed E-state index contributed by atoms with van der Waals surface area (Å²) >= 11 is 13.2. The van der Waals surface area contributed by atoms with Gasteiger partial charge in [-0.25, -0.2) is 13.2 Å². The first-order valence-corrected chi connectivity index (χ1v) is 14.8. The molecule has 200 valence electrons. The van der Waals surface area contributed by atoms with Crippen LogP contribution in [0.15, 0.2) is 71.6 Å². The van der Waals surface area contributed by atoms with Crippen LogP contribution in [0.25, 0.3) is 11.1 Å². The molecule has 0 radical (unpaired) electrons. The lowest BCUT2D eigenvalue weighted by atomic mass is 10.00. The number of nitrogens with zero attached hydrogens (tertiary/aromatic N) is 1. The Morgan fingerprint density at radius 3 is 2.39 bits per heavy atom. The lowest BCUT2D eigenvalue weighted by Gasteiger charge is -2.24. The second-order valence-electron chi connectivity index (χ2n) is 8.51. The molecular weight excluding hydrogens is 571 g/mol. The number of nitrogens with one attached hydrogen (secondary N) is 1. The maximum Gasteiger partial charge on any atom is 0.326 e. The van der Waals surface area contributed by atoms with Gasteiger partial charge in [0, 0.05) is 27.8 Å². The highest BCUT2D eigenvalue weighted by Gasteiger charge is 2.41. The van der Waals surface area contributed by atoms with Crippen molar-refractivity contribution in [3.63, 3.8) is 0 Å². The van der Waals surface area contributed by atoms with Crippen LogP contribution < -0.4 is 10.1 Å². The van der Waals surface area contributed by atoms with Gasteiger partial charge in [-0.2, -0.15) is 4.31 Å². The van der Waals surface area contributed by atoms with Crippen LogP contribution in [0, 0.1) is 0 Å². The van der Waals surface area contributed by atoms with Crippen molar-refractivity contribution in [1.82, 2.24) is 9.62 Å². The minimum absolute atomic E-state index is 0.0177. The van der Waals surface area contributed by atoms with Crippen LogP contribution in [0.5, 0.6) is 5.75 Å². The Bertz CT molecular complexity index is 1430. The highest BCUT2D eigenvalue weighted by Crippen LogP contribution is 2.32. The first kappa shape index (κ1) is 28.3. The van der Waals surface area contributed by atoms with Crippen molar-refractivity contribution in [2.24, 2.45) is 0 Å². The molecule has 0 bridgehead atoms. The van der Waals surface area contributed by atoms with E-state index in [2.05, 4.69) is 5.32 Å². The summed E-state index contributed by atoms with van der Waals surface area (Å²) < 4.78 is 32.9. The normalized spacial score (nSPS) is 16.7. The van der Waals surface area contributed by atoms with E-state index in [-0.39, 0.29) is 33.0 Å². The van der Waals surface area contributed by atoms with Crippen LogP contribution in [0.4, 0.5) is 0 Å². The predicted molar refractivity (Wildman–Crippen MR) is 148 cm³/mol. The van der Waals surface area contributed by atoms with E-state index in [1.807, 2.05) is 36.4 Å². The van der Waals surface area contributed by atoms with Crippen LogP contribution in [0.2, 0.25) is 10.0 Å². The molecule has 0 spiro atoms. The smallest absolute Gasteiger partial charge is 0.326 e. The topological polar surface area (TPSA) is 113 Å². The molecule has 0 aliphatic carbocycles. The van der Waals surface area contributed by atoms with Gasteiger partial charge in [-0.3, -0.25) is 4.79 Å². The molecule has 0 aromatic heterocycles. The zero-order valence-corrected chi connectivity index (χ0v) is 23.3. The number of ether oxygens (including phenoxy) is 1. The summed E-state index contributed by atoms with van der Waals surface area (Å²) in [5.41, 5.74) is 2.48. The monoisotopic (exact) mass is 594 g/mol. The third-order valence-corrected chi connectivity index (χ3v) is 9.46. The fourth-order valence-corrected chi connectivity index (χ4v) is 7.97. The Kier molecular flexibility index (Phi) is 8.89. The van der Waals surface area contributed by atoms with Gasteiger partial charge in [0.15, 0.2) is 0 Å². The average Bonchev–Trinajstić information content (AvgIpc) is 3.39. The van der Waals surface area contributed by atoms with Gasteiger partial charge in [0.1, 0.15) is 17.8 Å². The molecule has 2 N–H and O–H groups in total. The number of carboxylic acid groups (broad SMARTS) is 1. The number of rotatable bonds is 9. The maximum atomic E-state index is 13.2. The number of carboxylic acids is 1. The van der Waals surface area contributed by atoms with Crippen molar-refractivity contribution in [1.29, 1.82) is 0 Å². The van der Waals surface area contributed by atoms with Crippen molar-refractivity contribution in [3.05, 3.63) is 82.3 Å². The van der Waals surface area contributed by atoms with E-state index in [9.17, 15) is 23.1 Å². The van der Waals surface area contributed by atoms with Crippen molar-refractivity contribution in [2.75, 3.05) is 18.7 Å². The van der Waals surface area contributed by atoms with Gasteiger partial charge in [-0.1, -0.05) is 65.7 Å². The summed E-state index contributed by atoms with van der Waals surface area (Å²) in [5, 5.41) is 12.6. The molecule has 1 fully saturated rings. The molecule has 2 atom stereocenters. The molecular formula is C26H24Cl2N2O6S2. The third kappa shape index (κ3) is 6.27. The fourth-order valence-electron chi connectivity index (χ4n) is 4.09. The highest BCUT2D eigenvalue weighted by molar-refractivity contribution is 8.00. The largest absolute Gasteiger partial charge is 0.496 e. The molecule has 3 aromatic carbocycles. The number of amides is 1. The van der Waals surface area contributed by atoms with E-state index in [0.29, 0.717) is 11.3 Å². The highest BCUT2D eigenvalue weighted by atomic mass is 35.5. The number of halogens is 2. The van der Waals surface area contributed by atoms with Gasteiger partial charge < -0.3 is 15.2 Å². The van der Waals surface area contributed by atoms with E-state index >= 15 is 0 Å². The molecule has 1 aliphatic heterocycles. The van der Waals surface area contributed by atoms with Crippen molar-refractivity contribution in [2.45, 2.75) is 23.4 Å². The van der Waals surface area contributed by atoms with Crippen LogP contribution in [0.3, 0.4) is 0 Å². The summed E-state index contributed by atoms with van der Waals surface area (Å²) in [5.74, 6) is -0.991. The third-order valence-electron chi connectivity index (χ3n) is 6.01. The first-order chi connectivity index (χ1) is 18.1. The quantitative estimate of drug-likeness (QED) is 0.374. The van der Waals surface area contributed by atoms with E-state index in [4.69, 9.17) is 27.9 Å². The van der Waals surface area contributed by atoms with Gasteiger partial charge in [-0.15, -0.1) is 11.8 Å². The SMILES string of the molecule is COc1ccccc1-c1ccc(C[C@H](NC(=O)[C@@H]2CSCN2S(=O)(=O)c2cc(Cl)cc(Cl)c2)C(=O)O)cc1. The standard InChI is InChI=1S/C26H24Cl2N2O6S2/c1-36-24-5-3-2-4-21(24)17-8-6-16(7-9-17)10-22(26(32)33)29-25(31)23-14-37-15-30(23)38(34,35)20-12-18(27)11-19(28)13-20/h2-9,11-13,22-23H,10,14-15H2,1H3,(H,29,31)(H,32,33)/t22-,23-/m0/s1. The number of carbonyl (C=O) groups excluding carboxylic acids is 1. The van der Waals surface area contributed by atoms with E-state index < -0.39 is 34.0 Å². The molecule has 4 rings (SSSR count). The van der Waals surface area contributed by atoms with Gasteiger partial charge >= 0.3 is 5.97 Å². The average molecular weight is 596 g/mol. The van der Waals surface area contributed by atoms with Crippen LogP contribution >= 0.6 is 35.0 Å². The number of hydrogen-bond acceptors (Lipinski definition) is 6. The number of aliphatic carboxylic acids is 1. The lowest BCUT2D eigenvalue weighted by Crippen LogP contribution is -2.52. The van der Waals surface area contributed by atoms with Gasteiger partial charge in [-0.05, 0) is 35.4 Å². The number of para-hydroxylation sites is 1. The number of sulfonamides is 1. The zero-order chi connectivity index (χ0) is 27.4. The number of hydrogen-bond donors (Lipinski definition) is 2. The number of benzene rings is 3. The lowest BCUT2D eigenvalue weighted by molar-refractivity contribution is -0.142. The van der Waals surface area contributed by atoms with E-state index in [1.54, 1.807) is 19.2 Å². The molecule has 8 nitrogen and oxygen atoms in total. The summed E-state index contributed by atoms with van der Waals surface area (Å²) in [6.45, 7) is 0. The summed E-state index contributed by atoms with van der Waals surface area (Å²) in [4.78, 5) is 25.0. The summed E-state index contributed by atoms with van der Waals surface area (Å²) in [6, 6.07) is 16.4. The molecule has 1 amide bonds. The molecule has 1 heterocycles. The van der Waals surface area contributed by atoms with Crippen molar-refractivity contribution < 1.29 is 27.9 Å². The Morgan fingerprint density at radius 1 is 1.11 bits per heavy atom. The minimum Gasteiger partial charge on any atom is -0.496 e. The molecule has 0 unspecified atom stereocenters. The van der Waals surface area contributed by atoms with Gasteiger partial charge in [0.05, 0.1) is 17.9 Å². The number of thioether (sulfide) groups is 1. The molecule has 12 heteroatoms. The van der Waals surface area contributed by atoms with Crippen LogP contribution in [-0.4, -0.2) is 60.5 Å². The molecule has 1 aliphatic rings. The van der Waals surface area contributed by atoms with Gasteiger partial charge in [0.25, 0.3) is 0 Å². The fraction of sp³-hybridized carbons (Fsp3) is 0.231. The van der Waals surface area contributed by atoms with Crippen molar-refractivity contribution >= 4 is 56.9 Å². The van der Waals surface area contributed by atoms with Gasteiger partial charge in [0.2, 0.25) is 15.9 Å². The van der Waals surface area contributed by atoms with Crippen molar-refractivity contribution in [3.8, 4) is 16.9 Å². The first-order valence-electron chi connectivity index (χ1n) is 11.4. The Labute approximate surface area is 234 Å². The Balaban J connectivity index is 1.49. The predicted octanol–water partition coefficient (Wildman–Crippen LogP) is 4.54. The Morgan fingerprint density at radius 2 is 1.76 bits per heavy atom. The van der Waals surface area contributed by atoms with E-state index in [0.717, 1.165) is 15.4 Å². The Hall–Kier alpha value is -2.76. The molecule has 0 saturated carbocycles. The summed E-state index contributed by atoms with van der Waals surface area (Å²) in [6.07, 6.45) is 0.0177. The van der Waals surface area contributed by atoms with Crippen LogP contribution in [0.1, 0.15) is 5.56 Å². The van der Waals surface area contributed by atoms with E-state index in [1.165, 1.54) is 30.0 Å². The zero-order valence-electron chi connectivity index (χ0n) is 20.1. The second kappa shape index (κ2) is 12.0. The minimum atomic E-state index is -4.10. The maximum absolute atomic E-state index is 13.2. The van der Waals surface area contributed by atoms with Crippen LogP contribution in [-0.2, 0) is 26.0 Å². The summed E-state index contributed by atoms with van der Waals surface area (Å²) in [7, 11) is -2.51.